The van der Waals surface area contributed by atoms with Gasteiger partial charge in [0, 0.05) is 5.02 Å². The standard InChI is InChI=1S/C23H20Cl2N2O3/c1-2-29-22-12-17(8-11-21(22)30-15-16-6-4-3-5-7-16)14-26-27-23(28)19-10-9-18(24)13-20(19)25/h3-14H,2,15H2,1H3,(H,27,28)/b26-14-. The Kier molecular flexibility index (Phi) is 7.71. The highest BCUT2D eigenvalue weighted by Crippen LogP contribution is 2.29. The number of nitrogens with zero attached hydrogens (tertiary/aromatic N) is 1. The van der Waals surface area contributed by atoms with Crippen LogP contribution in [0.4, 0.5) is 0 Å². The van der Waals surface area contributed by atoms with Gasteiger partial charge in [0.05, 0.1) is 23.4 Å². The van der Waals surface area contributed by atoms with Crippen LogP contribution in [0.2, 0.25) is 10.0 Å². The maximum absolute atomic E-state index is 12.2. The zero-order valence-electron chi connectivity index (χ0n) is 16.3. The minimum Gasteiger partial charge on any atom is -0.490 e. The number of hydrogen-bond donors (Lipinski definition) is 1. The molecule has 1 amide bonds. The van der Waals surface area contributed by atoms with Crippen molar-refractivity contribution in [2.45, 2.75) is 13.5 Å². The zero-order valence-corrected chi connectivity index (χ0v) is 17.8. The predicted octanol–water partition coefficient (Wildman–Crippen LogP) is 5.74. The van der Waals surface area contributed by atoms with Gasteiger partial charge in [-0.25, -0.2) is 5.43 Å². The van der Waals surface area contributed by atoms with E-state index in [2.05, 4.69) is 10.5 Å². The maximum atomic E-state index is 12.2. The molecule has 3 aromatic carbocycles. The smallest absolute Gasteiger partial charge is 0.272 e. The van der Waals surface area contributed by atoms with Crippen LogP contribution in [0.1, 0.15) is 28.4 Å². The topological polar surface area (TPSA) is 59.9 Å². The van der Waals surface area contributed by atoms with Gasteiger partial charge in [0.2, 0.25) is 0 Å². The predicted molar refractivity (Wildman–Crippen MR) is 120 cm³/mol. The largest absolute Gasteiger partial charge is 0.490 e. The molecule has 0 spiro atoms. The minimum absolute atomic E-state index is 0.258. The normalized spacial score (nSPS) is 10.8. The van der Waals surface area contributed by atoms with Crippen LogP contribution >= 0.6 is 23.2 Å². The van der Waals surface area contributed by atoms with Crippen molar-refractivity contribution in [3.05, 3.63) is 93.5 Å². The number of rotatable bonds is 8. The van der Waals surface area contributed by atoms with Crippen LogP contribution in [0.15, 0.2) is 71.8 Å². The van der Waals surface area contributed by atoms with Crippen molar-refractivity contribution >= 4 is 35.3 Å². The second-order valence-corrected chi connectivity index (χ2v) is 7.08. The molecule has 0 aliphatic rings. The van der Waals surface area contributed by atoms with Crippen molar-refractivity contribution in [2.75, 3.05) is 6.61 Å². The highest BCUT2D eigenvalue weighted by Gasteiger charge is 2.10. The number of benzene rings is 3. The molecule has 0 fully saturated rings. The molecule has 154 valence electrons. The van der Waals surface area contributed by atoms with Crippen molar-refractivity contribution in [1.29, 1.82) is 0 Å². The summed E-state index contributed by atoms with van der Waals surface area (Å²) in [6, 6.07) is 20.0. The zero-order chi connectivity index (χ0) is 21.3. The molecule has 0 unspecified atom stereocenters. The third-order valence-electron chi connectivity index (χ3n) is 4.06. The monoisotopic (exact) mass is 442 g/mol. The SMILES string of the molecule is CCOc1cc(/C=N\NC(=O)c2ccc(Cl)cc2Cl)ccc1OCc1ccccc1. The molecule has 0 aromatic heterocycles. The fourth-order valence-electron chi connectivity index (χ4n) is 2.63. The third-order valence-corrected chi connectivity index (χ3v) is 4.61. The van der Waals surface area contributed by atoms with E-state index in [9.17, 15) is 4.79 Å². The molecule has 3 aromatic rings. The molecule has 0 radical (unpaired) electrons. The van der Waals surface area contributed by atoms with E-state index < -0.39 is 5.91 Å². The van der Waals surface area contributed by atoms with Crippen LogP contribution in [0.25, 0.3) is 0 Å². The van der Waals surface area contributed by atoms with Gasteiger partial charge < -0.3 is 9.47 Å². The fourth-order valence-corrected chi connectivity index (χ4v) is 3.12. The number of nitrogens with one attached hydrogen (secondary N) is 1. The number of ether oxygens (including phenoxy) is 2. The molecule has 0 aliphatic carbocycles. The number of amides is 1. The van der Waals surface area contributed by atoms with E-state index in [1.54, 1.807) is 18.2 Å². The van der Waals surface area contributed by atoms with Crippen LogP contribution in [-0.2, 0) is 6.61 Å². The lowest BCUT2D eigenvalue weighted by molar-refractivity contribution is 0.0955. The van der Waals surface area contributed by atoms with Gasteiger partial charge in [0.15, 0.2) is 11.5 Å². The summed E-state index contributed by atoms with van der Waals surface area (Å²) >= 11 is 11.9. The van der Waals surface area contributed by atoms with Gasteiger partial charge in [0.1, 0.15) is 6.61 Å². The maximum Gasteiger partial charge on any atom is 0.272 e. The number of hydrogen-bond acceptors (Lipinski definition) is 4. The van der Waals surface area contributed by atoms with Crippen molar-refractivity contribution in [2.24, 2.45) is 5.10 Å². The molecular formula is C23H20Cl2N2O3. The van der Waals surface area contributed by atoms with Crippen molar-refractivity contribution < 1.29 is 14.3 Å². The lowest BCUT2D eigenvalue weighted by Crippen LogP contribution is -2.18. The molecule has 0 bridgehead atoms. The minimum atomic E-state index is -0.430. The Morgan fingerprint density at radius 3 is 2.53 bits per heavy atom. The fraction of sp³-hybridized carbons (Fsp3) is 0.130. The van der Waals surface area contributed by atoms with Gasteiger partial charge in [-0.2, -0.15) is 5.10 Å². The lowest BCUT2D eigenvalue weighted by atomic mass is 10.2. The van der Waals surface area contributed by atoms with Crippen LogP contribution < -0.4 is 14.9 Å². The molecule has 1 N–H and O–H groups in total. The summed E-state index contributed by atoms with van der Waals surface area (Å²) in [5, 5.41) is 4.71. The highest BCUT2D eigenvalue weighted by molar-refractivity contribution is 6.36. The van der Waals surface area contributed by atoms with Gasteiger partial charge in [-0.05, 0) is 54.4 Å². The quantitative estimate of drug-likeness (QED) is 0.357. The van der Waals surface area contributed by atoms with Crippen molar-refractivity contribution in [1.82, 2.24) is 5.43 Å². The Morgan fingerprint density at radius 1 is 1.00 bits per heavy atom. The third kappa shape index (κ3) is 5.99. The summed E-state index contributed by atoms with van der Waals surface area (Å²) in [5.41, 5.74) is 4.55. The summed E-state index contributed by atoms with van der Waals surface area (Å²) in [5.74, 6) is 0.806. The first-order chi connectivity index (χ1) is 14.6. The van der Waals surface area contributed by atoms with E-state index in [1.807, 2.05) is 49.4 Å². The van der Waals surface area contributed by atoms with E-state index in [0.29, 0.717) is 29.7 Å². The van der Waals surface area contributed by atoms with Crippen LogP contribution in [-0.4, -0.2) is 18.7 Å². The summed E-state index contributed by atoms with van der Waals surface area (Å²) in [6.07, 6.45) is 1.52. The molecule has 3 rings (SSSR count). The number of halogens is 2. The van der Waals surface area contributed by atoms with Crippen LogP contribution in [0.5, 0.6) is 11.5 Å². The molecular weight excluding hydrogens is 423 g/mol. The van der Waals surface area contributed by atoms with Crippen molar-refractivity contribution in [3.8, 4) is 11.5 Å². The summed E-state index contributed by atoms with van der Waals surface area (Å²) in [6.45, 7) is 2.83. The molecule has 0 saturated heterocycles. The van der Waals surface area contributed by atoms with E-state index in [-0.39, 0.29) is 10.6 Å². The second-order valence-electron chi connectivity index (χ2n) is 6.24. The van der Waals surface area contributed by atoms with E-state index in [1.165, 1.54) is 12.3 Å². The van der Waals surface area contributed by atoms with Crippen LogP contribution in [0.3, 0.4) is 0 Å². The Morgan fingerprint density at radius 2 is 1.80 bits per heavy atom. The Hall–Kier alpha value is -3.02. The lowest BCUT2D eigenvalue weighted by Gasteiger charge is -2.12. The summed E-state index contributed by atoms with van der Waals surface area (Å²) < 4.78 is 11.6. The van der Waals surface area contributed by atoms with Crippen molar-refractivity contribution in [3.63, 3.8) is 0 Å². The Balaban J connectivity index is 1.66. The highest BCUT2D eigenvalue weighted by atomic mass is 35.5. The first kappa shape index (κ1) is 21.7. The van der Waals surface area contributed by atoms with Gasteiger partial charge in [-0.15, -0.1) is 0 Å². The van der Waals surface area contributed by atoms with Crippen LogP contribution in [0, 0.1) is 0 Å². The molecule has 0 atom stereocenters. The number of carbonyl (C=O) groups excluding carboxylic acids is 1. The van der Waals surface area contributed by atoms with Gasteiger partial charge in [-0.1, -0.05) is 53.5 Å². The van der Waals surface area contributed by atoms with Gasteiger partial charge in [-0.3, -0.25) is 4.79 Å². The summed E-state index contributed by atoms with van der Waals surface area (Å²) in [4.78, 5) is 12.2. The molecule has 30 heavy (non-hydrogen) atoms. The van der Waals surface area contributed by atoms with E-state index in [4.69, 9.17) is 32.7 Å². The first-order valence-corrected chi connectivity index (χ1v) is 10.0. The summed E-state index contributed by atoms with van der Waals surface area (Å²) in [7, 11) is 0. The average Bonchev–Trinajstić information content (AvgIpc) is 2.74. The van der Waals surface area contributed by atoms with E-state index >= 15 is 0 Å². The average molecular weight is 443 g/mol. The molecule has 0 saturated carbocycles. The number of carbonyl (C=O) groups is 1. The van der Waals surface area contributed by atoms with Gasteiger partial charge >= 0.3 is 0 Å². The second kappa shape index (κ2) is 10.7. The Labute approximate surface area is 185 Å². The Bertz CT molecular complexity index is 1040. The molecule has 5 nitrogen and oxygen atoms in total. The van der Waals surface area contributed by atoms with Gasteiger partial charge in [0.25, 0.3) is 5.91 Å². The first-order valence-electron chi connectivity index (χ1n) is 9.29. The van der Waals surface area contributed by atoms with E-state index in [0.717, 1.165) is 11.1 Å². The number of hydrazone groups is 1. The molecule has 7 heteroatoms. The molecule has 0 aliphatic heterocycles. The molecule has 0 heterocycles.